The molecule has 0 spiro atoms. The maximum Gasteiger partial charge on any atom is 0.334 e. The molecule has 5 nitrogen and oxygen atoms in total. The molecule has 0 aliphatic carbocycles. The molecular formula is C21H19N3O2. The number of carbonyl (C=O) groups is 1. The van der Waals surface area contributed by atoms with Crippen molar-refractivity contribution >= 4 is 22.4 Å². The first-order chi connectivity index (χ1) is 12.6. The van der Waals surface area contributed by atoms with E-state index in [2.05, 4.69) is 15.3 Å². The summed E-state index contributed by atoms with van der Waals surface area (Å²) >= 11 is 0. The Morgan fingerprint density at radius 3 is 2.62 bits per heavy atom. The zero-order chi connectivity index (χ0) is 18.3. The van der Waals surface area contributed by atoms with Crippen LogP contribution < -0.4 is 5.32 Å². The fourth-order valence-electron chi connectivity index (χ4n) is 3.74. The van der Waals surface area contributed by atoms with Gasteiger partial charge in [0.15, 0.2) is 0 Å². The first-order valence-electron chi connectivity index (χ1n) is 8.46. The van der Waals surface area contributed by atoms with Crippen LogP contribution in [0.25, 0.3) is 16.5 Å². The molecule has 2 aromatic heterocycles. The molecule has 3 heterocycles. The van der Waals surface area contributed by atoms with Gasteiger partial charge in [-0.25, -0.2) is 4.79 Å². The first kappa shape index (κ1) is 16.1. The summed E-state index contributed by atoms with van der Waals surface area (Å²) < 4.78 is 0. The monoisotopic (exact) mass is 345 g/mol. The van der Waals surface area contributed by atoms with Gasteiger partial charge in [0.1, 0.15) is 0 Å². The molecule has 1 aromatic carbocycles. The predicted octanol–water partition coefficient (Wildman–Crippen LogP) is 4.04. The number of carboxylic acid groups (broad SMARTS) is 1. The molecule has 0 saturated carbocycles. The zero-order valence-corrected chi connectivity index (χ0v) is 14.6. The number of nitrogens with one attached hydrogen (secondary N) is 2. The lowest BCUT2D eigenvalue weighted by molar-refractivity contribution is -0.133. The van der Waals surface area contributed by atoms with Gasteiger partial charge in [0.2, 0.25) is 0 Å². The highest BCUT2D eigenvalue weighted by molar-refractivity contribution is 5.97. The lowest BCUT2D eigenvalue weighted by Gasteiger charge is -2.30. The summed E-state index contributed by atoms with van der Waals surface area (Å²) in [5.74, 6) is -1.32. The number of aromatic nitrogens is 2. The van der Waals surface area contributed by atoms with Crippen LogP contribution in [0.1, 0.15) is 31.0 Å². The average molecular weight is 345 g/mol. The molecule has 0 fully saturated rings. The van der Waals surface area contributed by atoms with Gasteiger partial charge in [0.05, 0.1) is 11.5 Å². The van der Waals surface area contributed by atoms with Crippen LogP contribution >= 0.6 is 0 Å². The third-order valence-electron chi connectivity index (χ3n) is 4.83. The van der Waals surface area contributed by atoms with Gasteiger partial charge in [0, 0.05) is 35.0 Å². The molecule has 0 amide bonds. The summed E-state index contributed by atoms with van der Waals surface area (Å²) in [5.41, 5.74) is 5.63. The molecule has 4 rings (SSSR count). The Hall–Kier alpha value is -3.34. The van der Waals surface area contributed by atoms with Crippen molar-refractivity contribution in [3.63, 3.8) is 0 Å². The Morgan fingerprint density at radius 1 is 1.12 bits per heavy atom. The van der Waals surface area contributed by atoms with E-state index in [0.717, 1.165) is 33.4 Å². The van der Waals surface area contributed by atoms with E-state index in [1.165, 1.54) is 0 Å². The van der Waals surface area contributed by atoms with Crippen LogP contribution in [0.4, 0.5) is 0 Å². The number of nitrogens with zero attached hydrogens (tertiary/aromatic N) is 1. The van der Waals surface area contributed by atoms with Crippen molar-refractivity contribution in [2.24, 2.45) is 0 Å². The minimum absolute atomic E-state index is 0.348. The largest absolute Gasteiger partial charge is 0.478 e. The van der Waals surface area contributed by atoms with Crippen LogP contribution in [-0.4, -0.2) is 21.0 Å². The van der Waals surface area contributed by atoms with Crippen LogP contribution in [0.15, 0.2) is 71.8 Å². The molecule has 1 unspecified atom stereocenters. The third-order valence-corrected chi connectivity index (χ3v) is 4.83. The van der Waals surface area contributed by atoms with Gasteiger partial charge < -0.3 is 15.4 Å². The Bertz CT molecular complexity index is 1030. The number of hydrogen-bond donors (Lipinski definition) is 3. The van der Waals surface area contributed by atoms with E-state index in [-0.39, 0.29) is 0 Å². The third kappa shape index (κ3) is 2.58. The van der Waals surface area contributed by atoms with Crippen molar-refractivity contribution in [3.05, 3.63) is 83.1 Å². The summed E-state index contributed by atoms with van der Waals surface area (Å²) in [6.07, 6.45) is 3.49. The lowest BCUT2D eigenvalue weighted by atomic mass is 9.80. The van der Waals surface area contributed by atoms with Gasteiger partial charge in [-0.15, -0.1) is 0 Å². The highest BCUT2D eigenvalue weighted by Gasteiger charge is 2.34. The fourth-order valence-corrected chi connectivity index (χ4v) is 3.74. The molecule has 0 bridgehead atoms. The first-order valence-corrected chi connectivity index (χ1v) is 8.46. The number of dihydropyridines is 1. The number of hydrogen-bond acceptors (Lipinski definition) is 3. The number of fused-ring (bicyclic) bond motifs is 1. The standard InChI is InChI=1S/C21H19N3O2/c1-12-18(15-7-5-9-22-11-15)20(19(21(25)26)13(2)23-12)17-10-14-6-3-4-8-16(14)24-17/h3-11,20,23-24H,1-2H3,(H,25,26). The van der Waals surface area contributed by atoms with Crippen LogP contribution in [0, 0.1) is 0 Å². The highest BCUT2D eigenvalue weighted by Crippen LogP contribution is 2.43. The summed E-state index contributed by atoms with van der Waals surface area (Å²) in [6, 6.07) is 13.8. The van der Waals surface area contributed by atoms with E-state index >= 15 is 0 Å². The van der Waals surface area contributed by atoms with Crippen molar-refractivity contribution in [2.45, 2.75) is 19.8 Å². The number of para-hydroxylation sites is 1. The van der Waals surface area contributed by atoms with Crippen molar-refractivity contribution < 1.29 is 9.90 Å². The Morgan fingerprint density at radius 2 is 1.92 bits per heavy atom. The molecule has 3 N–H and O–H groups in total. The molecular weight excluding hydrogens is 326 g/mol. The molecule has 26 heavy (non-hydrogen) atoms. The van der Waals surface area contributed by atoms with Crippen LogP contribution in [0.3, 0.4) is 0 Å². The summed E-state index contributed by atoms with van der Waals surface area (Å²) in [4.78, 5) is 19.7. The number of aromatic amines is 1. The van der Waals surface area contributed by atoms with Gasteiger partial charge in [-0.2, -0.15) is 0 Å². The van der Waals surface area contributed by atoms with Gasteiger partial charge in [0.25, 0.3) is 0 Å². The number of benzene rings is 1. The Balaban J connectivity index is 1.97. The number of aliphatic carboxylic acids is 1. The van der Waals surface area contributed by atoms with Gasteiger partial charge in [-0.1, -0.05) is 24.3 Å². The molecule has 5 heteroatoms. The SMILES string of the molecule is CC1=C(C(=O)O)C(c2cc3ccccc3[nH]2)C(c2cccnc2)=C(C)N1. The van der Waals surface area contributed by atoms with Crippen molar-refractivity contribution in [1.29, 1.82) is 0 Å². The van der Waals surface area contributed by atoms with Crippen molar-refractivity contribution in [1.82, 2.24) is 15.3 Å². The second-order valence-corrected chi connectivity index (χ2v) is 6.49. The van der Waals surface area contributed by atoms with Crippen LogP contribution in [0.5, 0.6) is 0 Å². The average Bonchev–Trinajstić information content (AvgIpc) is 3.05. The lowest BCUT2D eigenvalue weighted by Crippen LogP contribution is -2.27. The number of allylic oxidation sites excluding steroid dienone is 3. The number of rotatable bonds is 3. The molecule has 130 valence electrons. The second kappa shape index (κ2) is 6.19. The van der Waals surface area contributed by atoms with Crippen molar-refractivity contribution in [3.8, 4) is 0 Å². The van der Waals surface area contributed by atoms with Gasteiger partial charge >= 0.3 is 5.97 Å². The molecule has 3 aromatic rings. The molecule has 1 aliphatic rings. The topological polar surface area (TPSA) is 78.0 Å². The van der Waals surface area contributed by atoms with Crippen LogP contribution in [-0.2, 0) is 4.79 Å². The Labute approximate surface area is 151 Å². The molecule has 1 aliphatic heterocycles. The van der Waals surface area contributed by atoms with E-state index in [0.29, 0.717) is 11.3 Å². The smallest absolute Gasteiger partial charge is 0.334 e. The second-order valence-electron chi connectivity index (χ2n) is 6.49. The van der Waals surface area contributed by atoms with E-state index in [4.69, 9.17) is 0 Å². The van der Waals surface area contributed by atoms with E-state index < -0.39 is 11.9 Å². The number of pyridine rings is 1. The van der Waals surface area contributed by atoms with Gasteiger partial charge in [-0.05, 0) is 48.6 Å². The van der Waals surface area contributed by atoms with Gasteiger partial charge in [-0.3, -0.25) is 4.98 Å². The van der Waals surface area contributed by atoms with Crippen LogP contribution in [0.2, 0.25) is 0 Å². The van der Waals surface area contributed by atoms with E-state index in [9.17, 15) is 9.90 Å². The molecule has 0 saturated heterocycles. The number of H-pyrrole nitrogens is 1. The van der Waals surface area contributed by atoms with E-state index in [1.807, 2.05) is 56.3 Å². The number of carboxylic acids is 1. The maximum atomic E-state index is 12.1. The molecule has 0 radical (unpaired) electrons. The zero-order valence-electron chi connectivity index (χ0n) is 14.6. The Kier molecular flexibility index (Phi) is 3.84. The molecule has 1 atom stereocenters. The summed E-state index contributed by atoms with van der Waals surface area (Å²) in [7, 11) is 0. The van der Waals surface area contributed by atoms with Crippen molar-refractivity contribution in [2.75, 3.05) is 0 Å². The minimum Gasteiger partial charge on any atom is -0.478 e. The maximum absolute atomic E-state index is 12.1. The highest BCUT2D eigenvalue weighted by atomic mass is 16.4. The fraction of sp³-hybridized carbons (Fsp3) is 0.143. The van der Waals surface area contributed by atoms with E-state index in [1.54, 1.807) is 12.4 Å². The normalized spacial score (nSPS) is 17.5. The quantitative estimate of drug-likeness (QED) is 0.669. The summed E-state index contributed by atoms with van der Waals surface area (Å²) in [6.45, 7) is 3.78. The minimum atomic E-state index is -0.924. The predicted molar refractivity (Wildman–Crippen MR) is 101 cm³/mol. The summed E-state index contributed by atoms with van der Waals surface area (Å²) in [5, 5.41) is 14.2.